The molecule has 0 saturated heterocycles. The van der Waals surface area contributed by atoms with E-state index in [0.29, 0.717) is 19.3 Å². The molecule has 0 radical (unpaired) electrons. The van der Waals surface area contributed by atoms with E-state index in [1.54, 1.807) is 0 Å². The minimum atomic E-state index is -0.773. The fourth-order valence-corrected chi connectivity index (χ4v) is 9.88. The van der Waals surface area contributed by atoms with Gasteiger partial charge in [-0.15, -0.1) is 0 Å². The Morgan fingerprint density at radius 2 is 0.486 bits per heavy atom. The molecule has 0 aliphatic carbocycles. The highest BCUT2D eigenvalue weighted by molar-refractivity contribution is 5.71. The minimum absolute atomic E-state index is 0.0707. The Hall–Kier alpha value is -2.37. The van der Waals surface area contributed by atoms with E-state index in [1.807, 2.05) is 0 Å². The summed E-state index contributed by atoms with van der Waals surface area (Å²) in [6, 6.07) is 0. The van der Waals surface area contributed by atoms with Crippen molar-refractivity contribution in [1.82, 2.24) is 0 Å². The van der Waals surface area contributed by atoms with Gasteiger partial charge in [-0.05, 0) is 77.0 Å². The van der Waals surface area contributed by atoms with Crippen molar-refractivity contribution >= 4 is 17.9 Å². The van der Waals surface area contributed by atoms with Crippen LogP contribution in [0.5, 0.6) is 0 Å². The predicted molar refractivity (Wildman–Crippen MR) is 321 cm³/mol. The van der Waals surface area contributed by atoms with E-state index in [4.69, 9.17) is 14.2 Å². The summed E-state index contributed by atoms with van der Waals surface area (Å²) in [5, 5.41) is 0. The molecular formula is C68H126O6. The highest BCUT2D eigenvalue weighted by Crippen LogP contribution is 2.18. The second-order valence-corrected chi connectivity index (χ2v) is 22.4. The summed E-state index contributed by atoms with van der Waals surface area (Å²) < 4.78 is 16.9. The second-order valence-electron chi connectivity index (χ2n) is 22.4. The van der Waals surface area contributed by atoms with Crippen LogP contribution in [-0.2, 0) is 28.6 Å². The molecule has 0 heterocycles. The molecule has 0 saturated carbocycles. The molecule has 0 bridgehead atoms. The summed E-state index contributed by atoms with van der Waals surface area (Å²) in [5.41, 5.74) is 0. The van der Waals surface area contributed by atoms with Crippen molar-refractivity contribution in [2.45, 2.75) is 367 Å². The van der Waals surface area contributed by atoms with E-state index in [0.717, 1.165) is 70.6 Å². The van der Waals surface area contributed by atoms with Crippen LogP contribution in [0, 0.1) is 0 Å². The first-order chi connectivity index (χ1) is 36.5. The number of carbonyl (C=O) groups excluding carboxylic acids is 3. The van der Waals surface area contributed by atoms with Crippen molar-refractivity contribution in [2.24, 2.45) is 0 Å². The van der Waals surface area contributed by atoms with Gasteiger partial charge in [-0.25, -0.2) is 0 Å². The van der Waals surface area contributed by atoms with Gasteiger partial charge in [0.05, 0.1) is 0 Å². The molecule has 0 N–H and O–H groups in total. The molecular weight excluding hydrogens is 913 g/mol. The summed E-state index contributed by atoms with van der Waals surface area (Å²) in [7, 11) is 0. The standard InChI is InChI=1S/C68H126O6/c1-4-7-10-13-16-19-22-25-27-29-30-31-32-33-34-35-36-37-38-40-41-43-46-49-52-55-58-61-67(70)73-64-65(63-72-66(69)60-57-54-51-48-45-24-21-18-15-12-9-6-3)74-68(71)62-59-56-53-50-47-44-42-39-28-26-23-20-17-14-11-8-5-2/h17,20,26,28-30,65H,4-16,18-19,21-25,27,31-64H2,1-3H3/b20-17-,28-26-,30-29-. The summed E-state index contributed by atoms with van der Waals surface area (Å²) in [6.07, 6.45) is 77.3. The van der Waals surface area contributed by atoms with Crippen LogP contribution in [0.15, 0.2) is 36.5 Å². The summed E-state index contributed by atoms with van der Waals surface area (Å²) >= 11 is 0. The zero-order chi connectivity index (χ0) is 53.6. The maximum Gasteiger partial charge on any atom is 0.306 e. The van der Waals surface area contributed by atoms with Gasteiger partial charge in [0.1, 0.15) is 13.2 Å². The Balaban J connectivity index is 4.19. The van der Waals surface area contributed by atoms with E-state index in [9.17, 15) is 14.4 Å². The van der Waals surface area contributed by atoms with E-state index in [2.05, 4.69) is 57.2 Å². The van der Waals surface area contributed by atoms with Gasteiger partial charge in [0.15, 0.2) is 6.10 Å². The van der Waals surface area contributed by atoms with Crippen molar-refractivity contribution in [3.8, 4) is 0 Å². The largest absolute Gasteiger partial charge is 0.462 e. The van der Waals surface area contributed by atoms with Gasteiger partial charge in [0.2, 0.25) is 0 Å². The third-order valence-corrected chi connectivity index (χ3v) is 14.9. The summed E-state index contributed by atoms with van der Waals surface area (Å²) in [4.78, 5) is 38.3. The van der Waals surface area contributed by atoms with Crippen LogP contribution in [0.1, 0.15) is 361 Å². The van der Waals surface area contributed by atoms with Crippen LogP contribution in [0.4, 0.5) is 0 Å². The van der Waals surface area contributed by atoms with Crippen molar-refractivity contribution in [3.63, 3.8) is 0 Å². The highest BCUT2D eigenvalue weighted by atomic mass is 16.6. The molecule has 1 unspecified atom stereocenters. The smallest absolute Gasteiger partial charge is 0.306 e. The number of rotatable bonds is 61. The van der Waals surface area contributed by atoms with Crippen molar-refractivity contribution in [2.75, 3.05) is 13.2 Å². The SMILES string of the molecule is CCCCC/C=C\C/C=C\CCCCCCCCCC(=O)OC(COC(=O)CCCCCCCCCCCCCC)COC(=O)CCCCCCCCCCCCCCCCC/C=C\CCCCCCCCCC. The Labute approximate surface area is 461 Å². The Bertz CT molecular complexity index is 1240. The molecule has 0 fully saturated rings. The molecule has 0 aliphatic rings. The molecule has 0 rings (SSSR count). The topological polar surface area (TPSA) is 78.9 Å². The van der Waals surface area contributed by atoms with E-state index in [1.165, 1.54) is 250 Å². The number of allylic oxidation sites excluding steroid dienone is 6. The van der Waals surface area contributed by atoms with Crippen LogP contribution >= 0.6 is 0 Å². The Kier molecular flexibility index (Phi) is 61.1. The van der Waals surface area contributed by atoms with Crippen LogP contribution in [0.2, 0.25) is 0 Å². The lowest BCUT2D eigenvalue weighted by atomic mass is 10.0. The lowest BCUT2D eigenvalue weighted by Crippen LogP contribution is -2.30. The average Bonchev–Trinajstić information content (AvgIpc) is 3.40. The number of esters is 3. The van der Waals surface area contributed by atoms with Gasteiger partial charge < -0.3 is 14.2 Å². The first kappa shape index (κ1) is 71.6. The van der Waals surface area contributed by atoms with Crippen molar-refractivity contribution < 1.29 is 28.6 Å². The third-order valence-electron chi connectivity index (χ3n) is 14.9. The number of carbonyl (C=O) groups is 3. The molecule has 434 valence electrons. The zero-order valence-electron chi connectivity index (χ0n) is 49.9. The predicted octanol–water partition coefficient (Wildman–Crippen LogP) is 22.4. The molecule has 0 aromatic rings. The van der Waals surface area contributed by atoms with Crippen molar-refractivity contribution in [1.29, 1.82) is 0 Å². The van der Waals surface area contributed by atoms with E-state index < -0.39 is 6.10 Å². The lowest BCUT2D eigenvalue weighted by Gasteiger charge is -2.18. The fourth-order valence-electron chi connectivity index (χ4n) is 9.88. The van der Waals surface area contributed by atoms with Gasteiger partial charge in [-0.1, -0.05) is 301 Å². The molecule has 6 heteroatoms. The molecule has 0 amide bonds. The van der Waals surface area contributed by atoms with Crippen LogP contribution in [0.3, 0.4) is 0 Å². The van der Waals surface area contributed by atoms with Gasteiger partial charge in [-0.3, -0.25) is 14.4 Å². The zero-order valence-corrected chi connectivity index (χ0v) is 49.9. The highest BCUT2D eigenvalue weighted by Gasteiger charge is 2.19. The second kappa shape index (κ2) is 63.2. The van der Waals surface area contributed by atoms with E-state index in [-0.39, 0.29) is 31.1 Å². The Morgan fingerprint density at radius 3 is 0.784 bits per heavy atom. The van der Waals surface area contributed by atoms with Crippen molar-refractivity contribution in [3.05, 3.63) is 36.5 Å². The Morgan fingerprint density at radius 1 is 0.270 bits per heavy atom. The lowest BCUT2D eigenvalue weighted by molar-refractivity contribution is -0.167. The summed E-state index contributed by atoms with van der Waals surface area (Å²) in [6.45, 7) is 6.66. The fraction of sp³-hybridized carbons (Fsp3) is 0.868. The molecule has 0 spiro atoms. The molecule has 74 heavy (non-hydrogen) atoms. The number of unbranched alkanes of at least 4 members (excludes halogenated alkanes) is 44. The third kappa shape index (κ3) is 60.5. The summed E-state index contributed by atoms with van der Waals surface area (Å²) in [5.74, 6) is -0.855. The molecule has 1 atom stereocenters. The molecule has 0 aromatic heterocycles. The molecule has 0 aromatic carbocycles. The van der Waals surface area contributed by atoms with Gasteiger partial charge in [0, 0.05) is 19.3 Å². The van der Waals surface area contributed by atoms with E-state index >= 15 is 0 Å². The van der Waals surface area contributed by atoms with Crippen LogP contribution < -0.4 is 0 Å². The first-order valence-electron chi connectivity index (χ1n) is 33.0. The van der Waals surface area contributed by atoms with Gasteiger partial charge in [-0.2, -0.15) is 0 Å². The van der Waals surface area contributed by atoms with Crippen LogP contribution in [0.25, 0.3) is 0 Å². The number of ether oxygens (including phenoxy) is 3. The first-order valence-corrected chi connectivity index (χ1v) is 33.0. The molecule has 6 nitrogen and oxygen atoms in total. The number of hydrogen-bond donors (Lipinski definition) is 0. The quantitative estimate of drug-likeness (QED) is 0.0261. The van der Waals surface area contributed by atoms with Crippen LogP contribution in [-0.4, -0.2) is 37.2 Å². The minimum Gasteiger partial charge on any atom is -0.462 e. The maximum absolute atomic E-state index is 12.9. The monoisotopic (exact) mass is 1040 g/mol. The number of hydrogen-bond acceptors (Lipinski definition) is 6. The average molecular weight is 1040 g/mol. The van der Waals surface area contributed by atoms with Gasteiger partial charge >= 0.3 is 17.9 Å². The normalized spacial score (nSPS) is 12.2. The maximum atomic E-state index is 12.9. The molecule has 0 aliphatic heterocycles. The van der Waals surface area contributed by atoms with Gasteiger partial charge in [0.25, 0.3) is 0 Å².